The fraction of sp³-hybridized carbons (Fsp3) is 0.125. The van der Waals surface area contributed by atoms with E-state index in [9.17, 15) is 9.59 Å². The van der Waals surface area contributed by atoms with Gasteiger partial charge in [0.25, 0.3) is 5.91 Å². The first-order chi connectivity index (χ1) is 11.6. The number of hydrogen-bond acceptors (Lipinski definition) is 6. The first kappa shape index (κ1) is 15.6. The Morgan fingerprint density at radius 1 is 1.33 bits per heavy atom. The third-order valence-electron chi connectivity index (χ3n) is 3.49. The van der Waals surface area contributed by atoms with Gasteiger partial charge in [0.1, 0.15) is 5.76 Å². The highest BCUT2D eigenvalue weighted by Crippen LogP contribution is 2.37. The molecule has 8 nitrogen and oxygen atoms in total. The summed E-state index contributed by atoms with van der Waals surface area (Å²) in [6.07, 6.45) is 3.04. The van der Waals surface area contributed by atoms with Crippen LogP contribution in [-0.2, 0) is 9.59 Å². The number of fused-ring (bicyclic) bond motifs is 1. The number of benzene rings is 1. The Balaban J connectivity index is 1.96. The highest BCUT2D eigenvalue weighted by atomic mass is 16.5. The zero-order chi connectivity index (χ0) is 17.1. The summed E-state index contributed by atoms with van der Waals surface area (Å²) in [5, 5.41) is 0. The molecule has 124 valence electrons. The van der Waals surface area contributed by atoms with Gasteiger partial charge in [-0.1, -0.05) is 0 Å². The number of nitrogens with two attached hydrogens (primary N) is 2. The number of amides is 2. The average molecular weight is 328 g/mol. The minimum atomic E-state index is -0.394. The van der Waals surface area contributed by atoms with E-state index in [4.69, 9.17) is 20.7 Å². The number of furan rings is 1. The summed E-state index contributed by atoms with van der Waals surface area (Å²) in [5.74, 6) is 5.36. The number of nitrogens with zero attached hydrogens (tertiary/aromatic N) is 1. The molecule has 0 radical (unpaired) electrons. The highest BCUT2D eigenvalue weighted by molar-refractivity contribution is 6.10. The smallest absolute Gasteiger partial charge is 0.294 e. The van der Waals surface area contributed by atoms with Gasteiger partial charge in [0.2, 0.25) is 5.91 Å². The summed E-state index contributed by atoms with van der Waals surface area (Å²) in [5.41, 5.74) is 8.82. The predicted octanol–water partition coefficient (Wildman–Crippen LogP) is 1.01. The molecule has 2 amide bonds. The van der Waals surface area contributed by atoms with Crippen molar-refractivity contribution < 1.29 is 18.7 Å². The molecule has 0 bridgehead atoms. The van der Waals surface area contributed by atoms with Gasteiger partial charge in [-0.05, 0) is 30.3 Å². The number of nitrogens with one attached hydrogen (secondary N) is 1. The van der Waals surface area contributed by atoms with Crippen LogP contribution >= 0.6 is 0 Å². The molecule has 5 N–H and O–H groups in total. The van der Waals surface area contributed by atoms with Gasteiger partial charge in [0.15, 0.2) is 11.5 Å². The second-order valence-corrected chi connectivity index (χ2v) is 5.13. The van der Waals surface area contributed by atoms with Crippen LogP contribution in [0.4, 0.5) is 11.4 Å². The lowest BCUT2D eigenvalue weighted by Gasteiger charge is -2.30. The zero-order valence-electron chi connectivity index (χ0n) is 12.7. The van der Waals surface area contributed by atoms with E-state index in [1.807, 2.05) is 5.43 Å². The zero-order valence-corrected chi connectivity index (χ0v) is 12.7. The Morgan fingerprint density at radius 2 is 2.17 bits per heavy atom. The highest BCUT2D eigenvalue weighted by Gasteiger charge is 2.31. The molecule has 2 aromatic rings. The van der Waals surface area contributed by atoms with Crippen molar-refractivity contribution in [3.8, 4) is 5.75 Å². The van der Waals surface area contributed by atoms with Crippen molar-refractivity contribution in [3.63, 3.8) is 0 Å². The molecule has 1 aromatic heterocycles. The van der Waals surface area contributed by atoms with E-state index in [-0.39, 0.29) is 24.6 Å². The monoisotopic (exact) mass is 328 g/mol. The number of hydrogen-bond donors (Lipinski definition) is 3. The standard InChI is InChI=1S/C16H16N4O4/c17-10-3-4-13-12(8-10)20(6-5-15(21)19-18)16(22)14(24-13)9-11-2-1-7-23-11/h1-4,7-9H,5-6,17-18H2,(H,19,21)/b14-9+. The van der Waals surface area contributed by atoms with Crippen LogP contribution in [0.3, 0.4) is 0 Å². The molecule has 0 saturated carbocycles. The van der Waals surface area contributed by atoms with Gasteiger partial charge in [0, 0.05) is 24.7 Å². The number of rotatable bonds is 4. The lowest BCUT2D eigenvalue weighted by Crippen LogP contribution is -2.40. The van der Waals surface area contributed by atoms with Crippen molar-refractivity contribution in [2.75, 3.05) is 17.2 Å². The van der Waals surface area contributed by atoms with Crippen molar-refractivity contribution in [2.45, 2.75) is 6.42 Å². The minimum Gasteiger partial charge on any atom is -0.465 e. The molecule has 8 heteroatoms. The summed E-state index contributed by atoms with van der Waals surface area (Å²) in [7, 11) is 0. The summed E-state index contributed by atoms with van der Waals surface area (Å²) in [6, 6.07) is 8.37. The van der Waals surface area contributed by atoms with Crippen molar-refractivity contribution in [1.82, 2.24) is 5.43 Å². The molecule has 24 heavy (non-hydrogen) atoms. The number of carbonyl (C=O) groups excluding carboxylic acids is 2. The fourth-order valence-corrected chi connectivity index (χ4v) is 2.34. The maximum atomic E-state index is 12.7. The Bertz CT molecular complexity index is 798. The van der Waals surface area contributed by atoms with Crippen molar-refractivity contribution >= 4 is 29.3 Å². The van der Waals surface area contributed by atoms with Crippen molar-refractivity contribution in [3.05, 3.63) is 48.1 Å². The van der Waals surface area contributed by atoms with Crippen LogP contribution in [-0.4, -0.2) is 18.4 Å². The minimum absolute atomic E-state index is 0.0461. The molecule has 0 fully saturated rings. The second kappa shape index (κ2) is 6.47. The van der Waals surface area contributed by atoms with E-state index in [0.29, 0.717) is 22.9 Å². The largest absolute Gasteiger partial charge is 0.465 e. The van der Waals surface area contributed by atoms with Crippen molar-refractivity contribution in [2.24, 2.45) is 5.84 Å². The van der Waals surface area contributed by atoms with E-state index in [2.05, 4.69) is 0 Å². The molecular weight excluding hydrogens is 312 g/mol. The maximum absolute atomic E-state index is 12.7. The topological polar surface area (TPSA) is 124 Å². The third-order valence-corrected chi connectivity index (χ3v) is 3.49. The van der Waals surface area contributed by atoms with E-state index >= 15 is 0 Å². The maximum Gasteiger partial charge on any atom is 0.294 e. The first-order valence-corrected chi connectivity index (χ1v) is 7.22. The predicted molar refractivity (Wildman–Crippen MR) is 87.5 cm³/mol. The van der Waals surface area contributed by atoms with Crippen molar-refractivity contribution in [1.29, 1.82) is 0 Å². The number of anilines is 2. The van der Waals surface area contributed by atoms with Crippen LogP contribution < -0.4 is 26.6 Å². The molecule has 3 rings (SSSR count). The average Bonchev–Trinajstić information content (AvgIpc) is 3.08. The summed E-state index contributed by atoms with van der Waals surface area (Å²) < 4.78 is 10.9. The quantitative estimate of drug-likeness (QED) is 0.253. The van der Waals surface area contributed by atoms with Gasteiger partial charge >= 0.3 is 0 Å². The fourth-order valence-electron chi connectivity index (χ4n) is 2.34. The molecule has 1 aliphatic rings. The molecule has 2 heterocycles. The van der Waals surface area contributed by atoms with E-state index < -0.39 is 5.91 Å². The van der Waals surface area contributed by atoms with Crippen LogP contribution in [0.25, 0.3) is 6.08 Å². The molecule has 0 saturated heterocycles. The molecule has 0 spiro atoms. The summed E-state index contributed by atoms with van der Waals surface area (Å²) >= 11 is 0. The van der Waals surface area contributed by atoms with Crippen LogP contribution in [0.5, 0.6) is 5.75 Å². The SMILES string of the molecule is NNC(=O)CCN1C(=O)/C(=C\c2ccco2)Oc2ccc(N)cc21. The normalized spacial score (nSPS) is 15.1. The molecule has 0 unspecified atom stereocenters. The molecule has 0 aliphatic carbocycles. The van der Waals surface area contributed by atoms with E-state index in [1.54, 1.807) is 30.3 Å². The van der Waals surface area contributed by atoms with Crippen LogP contribution in [0.15, 0.2) is 46.8 Å². The van der Waals surface area contributed by atoms with Crippen LogP contribution in [0, 0.1) is 0 Å². The lowest BCUT2D eigenvalue weighted by atomic mass is 10.1. The Labute approximate surface area is 137 Å². The summed E-state index contributed by atoms with van der Waals surface area (Å²) in [4.78, 5) is 25.6. The number of ether oxygens (including phenoxy) is 1. The van der Waals surface area contributed by atoms with Gasteiger partial charge in [-0.25, -0.2) is 5.84 Å². The Kier molecular flexibility index (Phi) is 4.21. The molecule has 1 aromatic carbocycles. The van der Waals surface area contributed by atoms with Crippen LogP contribution in [0.2, 0.25) is 0 Å². The van der Waals surface area contributed by atoms with Gasteiger partial charge in [-0.15, -0.1) is 0 Å². The van der Waals surface area contributed by atoms with Gasteiger partial charge in [0.05, 0.1) is 12.0 Å². The third kappa shape index (κ3) is 3.08. The Hall–Kier alpha value is -3.26. The first-order valence-electron chi connectivity index (χ1n) is 7.22. The molecule has 1 aliphatic heterocycles. The number of nitrogen functional groups attached to an aromatic ring is 1. The molecule has 0 atom stereocenters. The Morgan fingerprint density at radius 3 is 2.88 bits per heavy atom. The summed E-state index contributed by atoms with van der Waals surface area (Å²) in [6.45, 7) is 0.136. The number of hydrazine groups is 1. The van der Waals surface area contributed by atoms with E-state index in [0.717, 1.165) is 0 Å². The number of carbonyl (C=O) groups is 2. The van der Waals surface area contributed by atoms with Gasteiger partial charge in [-0.2, -0.15) is 0 Å². The van der Waals surface area contributed by atoms with Gasteiger partial charge < -0.3 is 19.8 Å². The van der Waals surface area contributed by atoms with E-state index in [1.165, 1.54) is 17.2 Å². The lowest BCUT2D eigenvalue weighted by molar-refractivity contribution is -0.121. The molecular formula is C16H16N4O4. The van der Waals surface area contributed by atoms with Gasteiger partial charge in [-0.3, -0.25) is 15.0 Å². The van der Waals surface area contributed by atoms with Crippen LogP contribution in [0.1, 0.15) is 12.2 Å². The second-order valence-electron chi connectivity index (χ2n) is 5.13.